The highest BCUT2D eigenvalue weighted by atomic mass is 31.2. The number of rotatable bonds is 62. The van der Waals surface area contributed by atoms with Crippen LogP contribution in [0.1, 0.15) is 284 Å². The normalized spacial score (nSPS) is 13.9. The molecule has 2 unspecified atom stereocenters. The summed E-state index contributed by atoms with van der Waals surface area (Å²) in [4.78, 5) is 35.9. The SMILES string of the molecule is CC/C=C\C/C=C\C/C=C\C/C=C\C/C=C\C/C=C\CCCCCCCCCCCCCCC(=O)OC(COC(=O)CCCCCCCCCCCCCCCCCC/C=C\C/C=C\C/C=C\C/C=C\CC)COP(=O)(O)OCC[N+](C)(C)C. The number of hydrogen-bond donors (Lipinski definition) is 1. The number of phosphoric acid groups is 1. The van der Waals surface area contributed by atoms with Crippen molar-refractivity contribution in [1.82, 2.24) is 0 Å². The molecule has 0 fully saturated rings. The predicted octanol–water partition coefficient (Wildman–Crippen LogP) is 22.3. The Bertz CT molecular complexity index is 1830. The average molecular weight is 1190 g/mol. The summed E-state index contributed by atoms with van der Waals surface area (Å²) in [6, 6.07) is 0. The molecule has 0 aromatic heterocycles. The van der Waals surface area contributed by atoms with Gasteiger partial charge in [0.25, 0.3) is 0 Å². The van der Waals surface area contributed by atoms with Gasteiger partial charge in [0.2, 0.25) is 0 Å². The smallest absolute Gasteiger partial charge is 0.462 e. The molecular formula is C74H129NO8P+. The Morgan fingerprint density at radius 2 is 0.643 bits per heavy atom. The Kier molecular flexibility index (Phi) is 61.2. The van der Waals surface area contributed by atoms with Crippen molar-refractivity contribution in [3.05, 3.63) is 122 Å². The van der Waals surface area contributed by atoms with E-state index in [4.69, 9.17) is 18.5 Å². The number of hydrogen-bond acceptors (Lipinski definition) is 7. The summed E-state index contributed by atoms with van der Waals surface area (Å²) in [7, 11) is 1.47. The third kappa shape index (κ3) is 67.5. The molecule has 0 rings (SSSR count). The summed E-state index contributed by atoms with van der Waals surface area (Å²) >= 11 is 0. The minimum absolute atomic E-state index is 0.0272. The minimum Gasteiger partial charge on any atom is -0.462 e. The van der Waals surface area contributed by atoms with Crippen LogP contribution >= 0.6 is 7.82 Å². The second-order valence-corrected chi connectivity index (χ2v) is 25.3. The lowest BCUT2D eigenvalue weighted by Gasteiger charge is -2.24. The molecule has 0 amide bonds. The molecule has 0 saturated heterocycles. The highest BCUT2D eigenvalue weighted by Gasteiger charge is 2.27. The molecule has 0 aliphatic carbocycles. The summed E-state index contributed by atoms with van der Waals surface area (Å²) in [5.41, 5.74) is 0. The van der Waals surface area contributed by atoms with Crippen molar-refractivity contribution in [1.29, 1.82) is 0 Å². The molecule has 0 spiro atoms. The zero-order valence-electron chi connectivity index (χ0n) is 54.9. The summed E-state index contributed by atoms with van der Waals surface area (Å²) in [6.07, 6.45) is 91.5. The van der Waals surface area contributed by atoms with Crippen LogP contribution in [0.2, 0.25) is 0 Å². The van der Waals surface area contributed by atoms with Gasteiger partial charge in [-0.25, -0.2) is 4.57 Å². The Labute approximate surface area is 518 Å². The van der Waals surface area contributed by atoms with Crippen molar-refractivity contribution in [3.8, 4) is 0 Å². The fraction of sp³-hybridized carbons (Fsp3) is 0.703. The lowest BCUT2D eigenvalue weighted by atomic mass is 10.0. The van der Waals surface area contributed by atoms with Gasteiger partial charge in [-0.15, -0.1) is 0 Å². The topological polar surface area (TPSA) is 108 Å². The molecular weight excluding hydrogens is 1060 g/mol. The molecule has 0 bridgehead atoms. The number of phosphoric ester groups is 1. The molecule has 0 radical (unpaired) electrons. The molecule has 84 heavy (non-hydrogen) atoms. The quantitative estimate of drug-likeness (QED) is 0.0211. The maximum atomic E-state index is 12.9. The molecule has 2 atom stereocenters. The van der Waals surface area contributed by atoms with Crippen LogP contribution in [0.15, 0.2) is 122 Å². The Morgan fingerprint density at radius 3 is 0.952 bits per heavy atom. The van der Waals surface area contributed by atoms with E-state index in [2.05, 4.69) is 135 Å². The van der Waals surface area contributed by atoms with Crippen LogP contribution in [-0.2, 0) is 32.7 Å². The van der Waals surface area contributed by atoms with Crippen molar-refractivity contribution in [2.24, 2.45) is 0 Å². The van der Waals surface area contributed by atoms with E-state index in [0.29, 0.717) is 17.4 Å². The molecule has 0 aromatic rings. The number of nitrogens with zero attached hydrogens (tertiary/aromatic N) is 1. The number of unbranched alkanes of at least 4 members (excludes halogenated alkanes) is 28. The second-order valence-electron chi connectivity index (χ2n) is 23.8. The van der Waals surface area contributed by atoms with E-state index in [9.17, 15) is 19.0 Å². The number of esters is 2. The largest absolute Gasteiger partial charge is 0.472 e. The van der Waals surface area contributed by atoms with Crippen molar-refractivity contribution in [2.45, 2.75) is 290 Å². The van der Waals surface area contributed by atoms with Gasteiger partial charge < -0.3 is 18.9 Å². The standard InChI is InChI=1S/C74H128NO8P/c1-6-8-10-12-14-16-18-20-22-24-26-28-30-32-34-36-37-39-41-43-45-47-49-51-53-55-57-59-61-63-65-67-74(77)83-72(71-82-84(78,79)81-69-68-75(3,4)5)70-80-73(76)66-64-62-60-58-56-54-52-50-48-46-44-42-40-38-35-33-31-29-27-25-23-21-19-17-15-13-11-9-7-2/h8-11,14-17,20-23,26-29,32,34,37,39,72H,6-7,12-13,18-19,24-25,30-31,33,35-36,38,40-71H2,1-5H3/p+1/b10-8-,11-9-,16-14-,17-15-,22-20-,23-21-,28-26-,29-27-,34-32-,39-37-. The number of likely N-dealkylation sites (N-methyl/N-ethyl adjacent to an activating group) is 1. The first-order chi connectivity index (χ1) is 41.0. The monoisotopic (exact) mass is 1190 g/mol. The highest BCUT2D eigenvalue weighted by Crippen LogP contribution is 2.43. The van der Waals surface area contributed by atoms with Crippen LogP contribution in [0.25, 0.3) is 0 Å². The summed E-state index contributed by atoms with van der Waals surface area (Å²) in [6.45, 7) is 4.22. The van der Waals surface area contributed by atoms with Gasteiger partial charge in [-0.2, -0.15) is 0 Å². The van der Waals surface area contributed by atoms with Gasteiger partial charge in [-0.3, -0.25) is 18.6 Å². The number of ether oxygens (including phenoxy) is 2. The fourth-order valence-corrected chi connectivity index (χ4v) is 10.0. The molecule has 482 valence electrons. The molecule has 0 aromatic carbocycles. The van der Waals surface area contributed by atoms with E-state index < -0.39 is 26.5 Å². The first-order valence-corrected chi connectivity index (χ1v) is 35.8. The third-order valence-electron chi connectivity index (χ3n) is 14.5. The van der Waals surface area contributed by atoms with Crippen molar-refractivity contribution < 1.29 is 42.1 Å². The summed E-state index contributed by atoms with van der Waals surface area (Å²) in [5, 5.41) is 0. The van der Waals surface area contributed by atoms with Gasteiger partial charge in [0.05, 0.1) is 27.7 Å². The summed E-state index contributed by atoms with van der Waals surface area (Å²) < 4.78 is 34.7. The highest BCUT2D eigenvalue weighted by molar-refractivity contribution is 7.47. The van der Waals surface area contributed by atoms with Crippen molar-refractivity contribution in [3.63, 3.8) is 0 Å². The van der Waals surface area contributed by atoms with E-state index in [1.165, 1.54) is 148 Å². The molecule has 0 aliphatic heterocycles. The van der Waals surface area contributed by atoms with Gasteiger partial charge in [0.1, 0.15) is 19.8 Å². The Balaban J connectivity index is 4.08. The van der Waals surface area contributed by atoms with E-state index in [0.717, 1.165) is 103 Å². The van der Waals surface area contributed by atoms with Crippen LogP contribution in [0, 0.1) is 0 Å². The first-order valence-electron chi connectivity index (χ1n) is 34.3. The van der Waals surface area contributed by atoms with Crippen LogP contribution < -0.4 is 0 Å². The van der Waals surface area contributed by atoms with Crippen molar-refractivity contribution in [2.75, 3.05) is 47.5 Å². The van der Waals surface area contributed by atoms with Gasteiger partial charge in [-0.05, 0) is 103 Å². The third-order valence-corrected chi connectivity index (χ3v) is 15.5. The van der Waals surface area contributed by atoms with Crippen LogP contribution in [0.3, 0.4) is 0 Å². The maximum absolute atomic E-state index is 12.9. The molecule has 0 saturated carbocycles. The number of carbonyl (C=O) groups excluding carboxylic acids is 2. The van der Waals surface area contributed by atoms with Gasteiger partial charge in [0, 0.05) is 12.8 Å². The molecule has 0 aliphatic rings. The number of quaternary nitrogens is 1. The number of carbonyl (C=O) groups is 2. The molecule has 9 nitrogen and oxygen atoms in total. The van der Waals surface area contributed by atoms with Gasteiger partial charge in [-0.1, -0.05) is 289 Å². The maximum Gasteiger partial charge on any atom is 0.472 e. The van der Waals surface area contributed by atoms with E-state index in [-0.39, 0.29) is 32.0 Å². The average Bonchev–Trinajstić information content (AvgIpc) is 3.61. The van der Waals surface area contributed by atoms with Crippen LogP contribution in [0.5, 0.6) is 0 Å². The molecule has 0 heterocycles. The summed E-state index contributed by atoms with van der Waals surface area (Å²) in [5.74, 6) is -0.797. The number of allylic oxidation sites excluding steroid dienone is 20. The lowest BCUT2D eigenvalue weighted by Crippen LogP contribution is -2.37. The van der Waals surface area contributed by atoms with E-state index in [1.54, 1.807) is 0 Å². The zero-order valence-corrected chi connectivity index (χ0v) is 55.7. The van der Waals surface area contributed by atoms with E-state index >= 15 is 0 Å². The minimum atomic E-state index is -4.40. The zero-order chi connectivity index (χ0) is 61.2. The van der Waals surface area contributed by atoms with E-state index in [1.807, 2.05) is 21.1 Å². The second kappa shape index (κ2) is 63.9. The first kappa shape index (κ1) is 80.4. The molecule has 10 heteroatoms. The van der Waals surface area contributed by atoms with Crippen molar-refractivity contribution >= 4 is 19.8 Å². The molecule has 1 N–H and O–H groups in total. The van der Waals surface area contributed by atoms with Gasteiger partial charge in [0.15, 0.2) is 6.10 Å². The Hall–Kier alpha value is -3.59. The lowest BCUT2D eigenvalue weighted by molar-refractivity contribution is -0.870. The van der Waals surface area contributed by atoms with Gasteiger partial charge >= 0.3 is 19.8 Å². The fourth-order valence-electron chi connectivity index (χ4n) is 9.31. The van der Waals surface area contributed by atoms with Crippen LogP contribution in [0.4, 0.5) is 0 Å². The van der Waals surface area contributed by atoms with Crippen LogP contribution in [-0.4, -0.2) is 74.9 Å². The predicted molar refractivity (Wildman–Crippen MR) is 362 cm³/mol. The Morgan fingerprint density at radius 1 is 0.369 bits per heavy atom.